The van der Waals surface area contributed by atoms with E-state index in [1.54, 1.807) is 13.1 Å². The number of rotatable bonds is 2. The van der Waals surface area contributed by atoms with Crippen molar-refractivity contribution in [1.29, 1.82) is 0 Å². The Balaban J connectivity index is 2.77. The van der Waals surface area contributed by atoms with Gasteiger partial charge in [-0.3, -0.25) is 4.68 Å². The van der Waals surface area contributed by atoms with Gasteiger partial charge in [-0.05, 0) is 6.92 Å². The first-order valence-corrected chi connectivity index (χ1v) is 3.52. The van der Waals surface area contributed by atoms with Crippen molar-refractivity contribution in [2.75, 3.05) is 12.8 Å². The van der Waals surface area contributed by atoms with E-state index in [1.165, 1.54) is 18.0 Å². The van der Waals surface area contributed by atoms with E-state index in [9.17, 15) is 4.79 Å². The number of hydrogen-bond donors (Lipinski definition) is 1. The molecule has 1 heterocycles. The molecule has 0 aliphatic heterocycles. The molecule has 0 unspecified atom stereocenters. The fourth-order valence-corrected chi connectivity index (χ4v) is 0.843. The van der Waals surface area contributed by atoms with E-state index >= 15 is 0 Å². The zero-order chi connectivity index (χ0) is 9.14. The van der Waals surface area contributed by atoms with Crippen molar-refractivity contribution in [1.82, 2.24) is 9.78 Å². The second-order valence-corrected chi connectivity index (χ2v) is 2.45. The van der Waals surface area contributed by atoms with Crippen LogP contribution in [0.4, 0.5) is 5.69 Å². The third-order valence-electron chi connectivity index (χ3n) is 1.56. The molecular formula is C7H11N3O2. The Morgan fingerprint density at radius 3 is 2.92 bits per heavy atom. The number of methoxy groups -OCH3 is 1. The maximum absolute atomic E-state index is 11.0. The van der Waals surface area contributed by atoms with Gasteiger partial charge in [-0.2, -0.15) is 5.10 Å². The summed E-state index contributed by atoms with van der Waals surface area (Å²) in [5.41, 5.74) is 5.96. The van der Waals surface area contributed by atoms with Gasteiger partial charge in [0.25, 0.3) is 0 Å². The Labute approximate surface area is 70.1 Å². The summed E-state index contributed by atoms with van der Waals surface area (Å²) in [6.45, 7) is 1.69. The van der Waals surface area contributed by atoms with Crippen molar-refractivity contribution in [3.8, 4) is 0 Å². The summed E-state index contributed by atoms with van der Waals surface area (Å²) in [6, 6.07) is -0.424. The molecule has 1 atom stereocenters. The molecule has 0 fully saturated rings. The highest BCUT2D eigenvalue weighted by Gasteiger charge is 2.15. The van der Waals surface area contributed by atoms with Gasteiger partial charge in [-0.1, -0.05) is 0 Å². The van der Waals surface area contributed by atoms with Crippen molar-refractivity contribution < 1.29 is 9.53 Å². The minimum absolute atomic E-state index is 0.335. The lowest BCUT2D eigenvalue weighted by atomic mass is 10.3. The number of hydrogen-bond acceptors (Lipinski definition) is 4. The Bertz CT molecular complexity index is 282. The molecule has 0 radical (unpaired) electrons. The van der Waals surface area contributed by atoms with E-state index in [2.05, 4.69) is 9.84 Å². The Morgan fingerprint density at radius 1 is 1.83 bits per heavy atom. The molecule has 1 aromatic heterocycles. The van der Waals surface area contributed by atoms with Crippen LogP contribution in [0, 0.1) is 0 Å². The summed E-state index contributed by atoms with van der Waals surface area (Å²) < 4.78 is 5.99. The standard InChI is InChI=1S/C7H11N3O2/c1-5(7(11)12-2)10-4-6(8)3-9-10/h3-5H,8H2,1-2H3/t5-/m1/s1. The second-order valence-electron chi connectivity index (χ2n) is 2.45. The van der Waals surface area contributed by atoms with Gasteiger partial charge in [0, 0.05) is 6.20 Å². The number of nitrogen functional groups attached to an aromatic ring is 1. The van der Waals surface area contributed by atoms with Gasteiger partial charge in [0.15, 0.2) is 0 Å². The molecule has 12 heavy (non-hydrogen) atoms. The lowest BCUT2D eigenvalue weighted by molar-refractivity contribution is -0.144. The topological polar surface area (TPSA) is 70.1 Å². The minimum atomic E-state index is -0.424. The third-order valence-corrected chi connectivity index (χ3v) is 1.56. The zero-order valence-electron chi connectivity index (χ0n) is 7.02. The van der Waals surface area contributed by atoms with Crippen molar-refractivity contribution in [2.45, 2.75) is 13.0 Å². The first-order chi connectivity index (χ1) is 5.65. The molecule has 2 N–H and O–H groups in total. The van der Waals surface area contributed by atoms with Gasteiger partial charge in [0.2, 0.25) is 0 Å². The maximum atomic E-state index is 11.0. The summed E-state index contributed by atoms with van der Waals surface area (Å²) >= 11 is 0. The molecule has 5 nitrogen and oxygen atoms in total. The Hall–Kier alpha value is -1.52. The number of carbonyl (C=O) groups excluding carboxylic acids is 1. The SMILES string of the molecule is COC(=O)[C@@H](C)n1cc(N)cn1. The van der Waals surface area contributed by atoms with Crippen LogP contribution in [0.1, 0.15) is 13.0 Å². The van der Waals surface area contributed by atoms with E-state index < -0.39 is 6.04 Å². The third kappa shape index (κ3) is 1.55. The second kappa shape index (κ2) is 3.25. The van der Waals surface area contributed by atoms with Crippen LogP contribution in [0.25, 0.3) is 0 Å². The van der Waals surface area contributed by atoms with Crippen LogP contribution < -0.4 is 5.73 Å². The number of ether oxygens (including phenoxy) is 1. The van der Waals surface area contributed by atoms with Crippen molar-refractivity contribution >= 4 is 11.7 Å². The van der Waals surface area contributed by atoms with Crippen LogP contribution in [0.5, 0.6) is 0 Å². The molecule has 5 heteroatoms. The number of carbonyl (C=O) groups is 1. The Morgan fingerprint density at radius 2 is 2.50 bits per heavy atom. The first kappa shape index (κ1) is 8.58. The predicted octanol–water partition coefficient (Wildman–Crippen LogP) is 0.199. The van der Waals surface area contributed by atoms with Crippen LogP contribution in [0.3, 0.4) is 0 Å². The molecule has 66 valence electrons. The van der Waals surface area contributed by atoms with Crippen molar-refractivity contribution in [3.05, 3.63) is 12.4 Å². The molecule has 1 aromatic rings. The van der Waals surface area contributed by atoms with Crippen molar-refractivity contribution in [3.63, 3.8) is 0 Å². The van der Waals surface area contributed by atoms with Crippen molar-refractivity contribution in [2.24, 2.45) is 0 Å². The van der Waals surface area contributed by atoms with Crippen LogP contribution in [0.2, 0.25) is 0 Å². The van der Waals surface area contributed by atoms with Gasteiger partial charge >= 0.3 is 5.97 Å². The molecule has 0 spiro atoms. The molecular weight excluding hydrogens is 158 g/mol. The highest BCUT2D eigenvalue weighted by atomic mass is 16.5. The van der Waals surface area contributed by atoms with E-state index in [0.29, 0.717) is 5.69 Å². The molecule has 0 aliphatic carbocycles. The van der Waals surface area contributed by atoms with E-state index in [-0.39, 0.29) is 5.97 Å². The van der Waals surface area contributed by atoms with Crippen LogP contribution >= 0.6 is 0 Å². The number of nitrogens with two attached hydrogens (primary N) is 1. The summed E-state index contributed by atoms with van der Waals surface area (Å²) in [5.74, 6) is -0.335. The molecule has 0 aliphatic rings. The molecule has 0 saturated heterocycles. The highest BCUT2D eigenvalue weighted by Crippen LogP contribution is 2.08. The van der Waals surface area contributed by atoms with E-state index in [1.807, 2.05) is 0 Å². The van der Waals surface area contributed by atoms with Crippen LogP contribution in [-0.2, 0) is 9.53 Å². The van der Waals surface area contributed by atoms with Gasteiger partial charge in [0.1, 0.15) is 6.04 Å². The van der Waals surface area contributed by atoms with Gasteiger partial charge in [-0.15, -0.1) is 0 Å². The fourth-order valence-electron chi connectivity index (χ4n) is 0.843. The van der Waals surface area contributed by atoms with Crippen LogP contribution in [-0.4, -0.2) is 22.9 Å². The number of aromatic nitrogens is 2. The average Bonchev–Trinajstić information content (AvgIpc) is 2.49. The predicted molar refractivity (Wildman–Crippen MR) is 43.4 cm³/mol. The zero-order valence-corrected chi connectivity index (χ0v) is 7.02. The summed E-state index contributed by atoms with van der Waals surface area (Å²) in [7, 11) is 1.34. The summed E-state index contributed by atoms with van der Waals surface area (Å²) in [4.78, 5) is 11.0. The van der Waals surface area contributed by atoms with Crippen LogP contribution in [0.15, 0.2) is 12.4 Å². The summed E-state index contributed by atoms with van der Waals surface area (Å²) in [5, 5.41) is 3.88. The lowest BCUT2D eigenvalue weighted by Gasteiger charge is -2.08. The van der Waals surface area contributed by atoms with Gasteiger partial charge in [0.05, 0.1) is 19.0 Å². The van der Waals surface area contributed by atoms with Gasteiger partial charge < -0.3 is 10.5 Å². The van der Waals surface area contributed by atoms with Gasteiger partial charge in [-0.25, -0.2) is 4.79 Å². The average molecular weight is 169 g/mol. The van der Waals surface area contributed by atoms with E-state index in [0.717, 1.165) is 0 Å². The number of nitrogens with zero attached hydrogens (tertiary/aromatic N) is 2. The first-order valence-electron chi connectivity index (χ1n) is 3.52. The highest BCUT2D eigenvalue weighted by molar-refractivity contribution is 5.73. The fraction of sp³-hybridized carbons (Fsp3) is 0.429. The maximum Gasteiger partial charge on any atom is 0.330 e. The lowest BCUT2D eigenvalue weighted by Crippen LogP contribution is -2.17. The molecule has 0 saturated carbocycles. The number of esters is 1. The monoisotopic (exact) mass is 169 g/mol. The minimum Gasteiger partial charge on any atom is -0.467 e. The normalized spacial score (nSPS) is 12.5. The molecule has 1 rings (SSSR count). The Kier molecular flexibility index (Phi) is 2.32. The largest absolute Gasteiger partial charge is 0.467 e. The quantitative estimate of drug-likeness (QED) is 0.642. The summed E-state index contributed by atoms with van der Waals surface area (Å²) in [6.07, 6.45) is 3.07. The van der Waals surface area contributed by atoms with E-state index in [4.69, 9.17) is 5.73 Å². The molecule has 0 amide bonds. The smallest absolute Gasteiger partial charge is 0.330 e. The number of anilines is 1. The molecule has 0 aromatic carbocycles. The molecule has 0 bridgehead atoms.